The summed E-state index contributed by atoms with van der Waals surface area (Å²) in [6.07, 6.45) is 0.308. The first-order valence-electron chi connectivity index (χ1n) is 6.24. The zero-order valence-corrected chi connectivity index (χ0v) is 13.3. The van der Waals surface area contributed by atoms with E-state index >= 15 is 0 Å². The fourth-order valence-corrected chi connectivity index (χ4v) is 2.10. The predicted molar refractivity (Wildman–Crippen MR) is 82.0 cm³/mol. The number of hydrogen-bond donors (Lipinski definition) is 3. The summed E-state index contributed by atoms with van der Waals surface area (Å²) >= 11 is 3.24. The molecule has 6 nitrogen and oxygen atoms in total. The number of urea groups is 1. The van der Waals surface area contributed by atoms with Crippen molar-refractivity contribution in [3.8, 4) is 6.07 Å². The van der Waals surface area contributed by atoms with E-state index in [0.29, 0.717) is 22.1 Å². The van der Waals surface area contributed by atoms with Gasteiger partial charge in [-0.15, -0.1) is 0 Å². The number of rotatable bonds is 5. The third-order valence-electron chi connectivity index (χ3n) is 2.76. The maximum atomic E-state index is 11.9. The Hall–Kier alpha value is -2.07. The van der Waals surface area contributed by atoms with Crippen molar-refractivity contribution in [3.05, 3.63) is 28.2 Å². The minimum Gasteiger partial charge on any atom is -0.481 e. The van der Waals surface area contributed by atoms with E-state index in [9.17, 15) is 9.59 Å². The van der Waals surface area contributed by atoms with Crippen LogP contribution < -0.4 is 10.6 Å². The lowest BCUT2D eigenvalue weighted by atomic mass is 9.99. The molecule has 0 bridgehead atoms. The first-order chi connectivity index (χ1) is 9.73. The lowest BCUT2D eigenvalue weighted by Crippen LogP contribution is -2.45. The molecule has 0 saturated carbocycles. The van der Waals surface area contributed by atoms with E-state index in [4.69, 9.17) is 10.4 Å². The maximum absolute atomic E-state index is 11.9. The van der Waals surface area contributed by atoms with Crippen LogP contribution in [0.4, 0.5) is 10.5 Å². The second kappa shape index (κ2) is 7.09. The molecule has 0 radical (unpaired) electrons. The van der Waals surface area contributed by atoms with Crippen molar-refractivity contribution in [1.82, 2.24) is 5.32 Å². The molecule has 0 aliphatic heterocycles. The molecule has 1 aromatic rings. The standard InChI is InChI=1S/C14H16BrN3O3/c1-14(2,6-5-12(19)20)18-13(21)17-10-4-3-9(8-16)11(15)7-10/h3-4,7H,5-6H2,1-2H3,(H,19,20)(H2,17,18,21). The Bertz CT molecular complexity index is 594. The Balaban J connectivity index is 2.63. The van der Waals surface area contributed by atoms with Gasteiger partial charge >= 0.3 is 12.0 Å². The van der Waals surface area contributed by atoms with Gasteiger partial charge in [0.2, 0.25) is 0 Å². The minimum atomic E-state index is -0.902. The Kier molecular flexibility index (Phi) is 5.73. The van der Waals surface area contributed by atoms with Crippen LogP contribution in [0.1, 0.15) is 32.3 Å². The van der Waals surface area contributed by atoms with Crippen molar-refractivity contribution >= 4 is 33.6 Å². The predicted octanol–water partition coefficient (Wildman–Crippen LogP) is 3.09. The fraction of sp³-hybridized carbons (Fsp3) is 0.357. The zero-order chi connectivity index (χ0) is 16.0. The van der Waals surface area contributed by atoms with Gasteiger partial charge in [0, 0.05) is 22.1 Å². The molecule has 0 aliphatic rings. The van der Waals surface area contributed by atoms with E-state index < -0.39 is 17.5 Å². The molecule has 0 atom stereocenters. The molecular weight excluding hydrogens is 338 g/mol. The van der Waals surface area contributed by atoms with Crippen molar-refractivity contribution in [1.29, 1.82) is 5.26 Å². The lowest BCUT2D eigenvalue weighted by Gasteiger charge is -2.25. The average Bonchev–Trinajstić information content (AvgIpc) is 2.36. The van der Waals surface area contributed by atoms with Crippen LogP contribution in [0.3, 0.4) is 0 Å². The largest absolute Gasteiger partial charge is 0.481 e. The maximum Gasteiger partial charge on any atom is 0.319 e. The number of amides is 2. The van der Waals surface area contributed by atoms with Gasteiger partial charge in [0.25, 0.3) is 0 Å². The Morgan fingerprint density at radius 2 is 2.10 bits per heavy atom. The van der Waals surface area contributed by atoms with E-state index in [1.165, 1.54) is 0 Å². The molecule has 2 amide bonds. The molecule has 0 heterocycles. The second-order valence-electron chi connectivity index (χ2n) is 5.16. The van der Waals surface area contributed by atoms with Gasteiger partial charge in [0.05, 0.1) is 5.56 Å². The van der Waals surface area contributed by atoms with Gasteiger partial charge in [-0.05, 0) is 54.4 Å². The fourth-order valence-electron chi connectivity index (χ4n) is 1.64. The number of carboxylic acids is 1. The Labute approximate surface area is 131 Å². The number of nitrogens with one attached hydrogen (secondary N) is 2. The molecule has 21 heavy (non-hydrogen) atoms. The number of hydrogen-bond acceptors (Lipinski definition) is 3. The third-order valence-corrected chi connectivity index (χ3v) is 3.42. The van der Waals surface area contributed by atoms with Gasteiger partial charge in [-0.2, -0.15) is 5.26 Å². The van der Waals surface area contributed by atoms with Gasteiger partial charge < -0.3 is 15.7 Å². The van der Waals surface area contributed by atoms with Crippen LogP contribution in [0.2, 0.25) is 0 Å². The first kappa shape index (κ1) is 17.0. The number of carboxylic acid groups (broad SMARTS) is 1. The van der Waals surface area contributed by atoms with Crippen LogP contribution in [0, 0.1) is 11.3 Å². The first-order valence-corrected chi connectivity index (χ1v) is 7.03. The third kappa shape index (κ3) is 5.83. The summed E-state index contributed by atoms with van der Waals surface area (Å²) in [7, 11) is 0. The van der Waals surface area contributed by atoms with Gasteiger partial charge in [-0.25, -0.2) is 4.79 Å². The molecule has 7 heteroatoms. The number of carbonyl (C=O) groups is 2. The van der Waals surface area contributed by atoms with Crippen LogP contribution in [-0.2, 0) is 4.79 Å². The van der Waals surface area contributed by atoms with Gasteiger partial charge in [-0.1, -0.05) is 0 Å². The monoisotopic (exact) mass is 353 g/mol. The van der Waals surface area contributed by atoms with E-state index in [1.54, 1.807) is 32.0 Å². The quantitative estimate of drug-likeness (QED) is 0.756. The SMILES string of the molecule is CC(C)(CCC(=O)O)NC(=O)Nc1ccc(C#N)c(Br)c1. The molecule has 0 fully saturated rings. The highest BCUT2D eigenvalue weighted by molar-refractivity contribution is 9.10. The molecule has 1 aromatic carbocycles. The summed E-state index contributed by atoms with van der Waals surface area (Å²) in [6.45, 7) is 3.51. The minimum absolute atomic E-state index is 0.0182. The highest BCUT2D eigenvalue weighted by Crippen LogP contribution is 2.21. The molecule has 0 aliphatic carbocycles. The van der Waals surface area contributed by atoms with Crippen molar-refractivity contribution in [2.45, 2.75) is 32.2 Å². The van der Waals surface area contributed by atoms with Crippen molar-refractivity contribution in [3.63, 3.8) is 0 Å². The van der Waals surface area contributed by atoms with Crippen LogP contribution >= 0.6 is 15.9 Å². The van der Waals surface area contributed by atoms with E-state index in [2.05, 4.69) is 26.6 Å². The molecule has 0 aromatic heterocycles. The average molecular weight is 354 g/mol. The molecule has 3 N–H and O–H groups in total. The summed E-state index contributed by atoms with van der Waals surface area (Å²) in [5.74, 6) is -0.902. The molecule has 112 valence electrons. The van der Waals surface area contributed by atoms with Crippen molar-refractivity contribution in [2.75, 3.05) is 5.32 Å². The summed E-state index contributed by atoms with van der Waals surface area (Å²) in [5, 5.41) is 22.8. The summed E-state index contributed by atoms with van der Waals surface area (Å²) in [4.78, 5) is 22.4. The van der Waals surface area contributed by atoms with Crippen LogP contribution in [-0.4, -0.2) is 22.6 Å². The van der Waals surface area contributed by atoms with Crippen LogP contribution in [0.5, 0.6) is 0 Å². The van der Waals surface area contributed by atoms with Gasteiger partial charge in [0.15, 0.2) is 0 Å². The highest BCUT2D eigenvalue weighted by atomic mass is 79.9. The number of nitrogens with zero attached hydrogens (tertiary/aromatic N) is 1. The van der Waals surface area contributed by atoms with Gasteiger partial charge in [0.1, 0.15) is 6.07 Å². The molecule has 0 saturated heterocycles. The number of nitriles is 1. The number of aliphatic carboxylic acids is 1. The smallest absolute Gasteiger partial charge is 0.319 e. The number of benzene rings is 1. The topological polar surface area (TPSA) is 102 Å². The van der Waals surface area contributed by atoms with Gasteiger partial charge in [-0.3, -0.25) is 4.79 Å². The van der Waals surface area contributed by atoms with Crippen LogP contribution in [0.25, 0.3) is 0 Å². The molecule has 1 rings (SSSR count). The molecule has 0 spiro atoms. The Morgan fingerprint density at radius 1 is 1.43 bits per heavy atom. The van der Waals surface area contributed by atoms with E-state index in [1.807, 2.05) is 6.07 Å². The summed E-state index contributed by atoms with van der Waals surface area (Å²) in [6, 6.07) is 6.42. The van der Waals surface area contributed by atoms with Crippen molar-refractivity contribution < 1.29 is 14.7 Å². The second-order valence-corrected chi connectivity index (χ2v) is 6.02. The number of carbonyl (C=O) groups excluding carboxylic acids is 1. The summed E-state index contributed by atoms with van der Waals surface area (Å²) in [5.41, 5.74) is 0.377. The Morgan fingerprint density at radius 3 is 2.62 bits per heavy atom. The van der Waals surface area contributed by atoms with E-state index in [0.717, 1.165) is 0 Å². The molecule has 0 unspecified atom stereocenters. The number of anilines is 1. The zero-order valence-electron chi connectivity index (χ0n) is 11.7. The number of halogens is 1. The molecular formula is C14H16BrN3O3. The van der Waals surface area contributed by atoms with Crippen molar-refractivity contribution in [2.24, 2.45) is 0 Å². The lowest BCUT2D eigenvalue weighted by molar-refractivity contribution is -0.137. The van der Waals surface area contributed by atoms with E-state index in [-0.39, 0.29) is 6.42 Å². The van der Waals surface area contributed by atoms with Crippen LogP contribution in [0.15, 0.2) is 22.7 Å². The highest BCUT2D eigenvalue weighted by Gasteiger charge is 2.21. The normalized spacial score (nSPS) is 10.6. The summed E-state index contributed by atoms with van der Waals surface area (Å²) < 4.78 is 0.591.